The van der Waals surface area contributed by atoms with E-state index in [-0.39, 0.29) is 5.41 Å². The molecule has 0 unspecified atom stereocenters. The van der Waals surface area contributed by atoms with Crippen LogP contribution in [-0.4, -0.2) is 52.5 Å². The molecule has 0 saturated carbocycles. The maximum absolute atomic E-state index is 4.51. The molecule has 0 radical (unpaired) electrons. The zero-order valence-corrected chi connectivity index (χ0v) is 14.3. The molecule has 0 amide bonds. The van der Waals surface area contributed by atoms with Gasteiger partial charge in [-0.05, 0) is 24.2 Å². The van der Waals surface area contributed by atoms with E-state index in [9.17, 15) is 0 Å². The maximum Gasteiger partial charge on any atom is 0.137 e. The highest BCUT2D eigenvalue weighted by Gasteiger charge is 2.25. The van der Waals surface area contributed by atoms with Crippen molar-refractivity contribution in [2.45, 2.75) is 39.7 Å². The number of nitrogens with zero attached hydrogens (tertiary/aromatic N) is 3. The van der Waals surface area contributed by atoms with Crippen LogP contribution in [0.5, 0.6) is 0 Å². The smallest absolute Gasteiger partial charge is 0.137 e. The summed E-state index contributed by atoms with van der Waals surface area (Å²) in [4.78, 5) is 13.2. The molecule has 22 heavy (non-hydrogen) atoms. The van der Waals surface area contributed by atoms with E-state index in [2.05, 4.69) is 53.5 Å². The Hall–Kier alpha value is -1.39. The Bertz CT molecular complexity index is 630. The molecule has 0 aromatic carbocycles. The highest BCUT2D eigenvalue weighted by atomic mass is 15.3. The molecule has 1 saturated heterocycles. The number of aromatic nitrogens is 2. The number of likely N-dealkylation sites (N-methyl/N-ethyl adjacent to an activating group) is 1. The van der Waals surface area contributed by atoms with Gasteiger partial charge in [-0.25, -0.2) is 4.98 Å². The minimum Gasteiger partial charge on any atom is -0.342 e. The summed E-state index contributed by atoms with van der Waals surface area (Å²) < 4.78 is 0. The van der Waals surface area contributed by atoms with E-state index in [0.717, 1.165) is 31.8 Å². The third kappa shape index (κ3) is 3.03. The molecule has 4 heteroatoms. The first-order valence-corrected chi connectivity index (χ1v) is 8.40. The Balaban J connectivity index is 1.89. The van der Waals surface area contributed by atoms with Crippen LogP contribution in [0.4, 0.5) is 0 Å². The number of piperazine rings is 1. The average Bonchev–Trinajstić information content (AvgIpc) is 2.87. The van der Waals surface area contributed by atoms with E-state index in [4.69, 9.17) is 0 Å². The summed E-state index contributed by atoms with van der Waals surface area (Å²) >= 11 is 0. The van der Waals surface area contributed by atoms with E-state index in [1.165, 1.54) is 29.7 Å². The Morgan fingerprint density at radius 1 is 1.14 bits per heavy atom. The predicted octanol–water partition coefficient (Wildman–Crippen LogP) is 3.00. The van der Waals surface area contributed by atoms with Crippen LogP contribution in [0.15, 0.2) is 18.3 Å². The third-order valence-corrected chi connectivity index (χ3v) is 4.72. The molecule has 1 N–H and O–H groups in total. The fourth-order valence-electron chi connectivity index (χ4n) is 3.37. The Labute approximate surface area is 133 Å². The van der Waals surface area contributed by atoms with Gasteiger partial charge in [-0.15, -0.1) is 0 Å². The number of hydrogen-bond donors (Lipinski definition) is 1. The normalized spacial score (nSPS) is 18.2. The fourth-order valence-corrected chi connectivity index (χ4v) is 3.37. The second kappa shape index (κ2) is 6.01. The minimum atomic E-state index is 0.112. The summed E-state index contributed by atoms with van der Waals surface area (Å²) in [5.74, 6) is 0. The van der Waals surface area contributed by atoms with Crippen LogP contribution in [-0.2, 0) is 12.0 Å². The van der Waals surface area contributed by atoms with Crippen LogP contribution in [0.25, 0.3) is 11.0 Å². The van der Waals surface area contributed by atoms with Gasteiger partial charge in [0.2, 0.25) is 0 Å². The second-order valence-electron chi connectivity index (χ2n) is 7.34. The lowest BCUT2D eigenvalue weighted by atomic mass is 9.88. The quantitative estimate of drug-likeness (QED) is 0.946. The summed E-state index contributed by atoms with van der Waals surface area (Å²) in [7, 11) is 0. The van der Waals surface area contributed by atoms with E-state index in [1.54, 1.807) is 0 Å². The first kappa shape index (κ1) is 15.5. The third-order valence-electron chi connectivity index (χ3n) is 4.72. The molecule has 4 nitrogen and oxygen atoms in total. The molecule has 0 aliphatic carbocycles. The summed E-state index contributed by atoms with van der Waals surface area (Å²) in [6.07, 6.45) is 1.87. The Morgan fingerprint density at radius 2 is 1.82 bits per heavy atom. The van der Waals surface area contributed by atoms with Gasteiger partial charge in [-0.1, -0.05) is 27.7 Å². The topological polar surface area (TPSA) is 35.2 Å². The number of rotatable bonds is 3. The van der Waals surface area contributed by atoms with E-state index >= 15 is 0 Å². The number of H-pyrrole nitrogens is 1. The van der Waals surface area contributed by atoms with Gasteiger partial charge in [0.05, 0.1) is 0 Å². The Morgan fingerprint density at radius 3 is 2.45 bits per heavy atom. The molecular formula is C18H28N4. The summed E-state index contributed by atoms with van der Waals surface area (Å²) in [6.45, 7) is 15.9. The highest BCUT2D eigenvalue weighted by molar-refractivity contribution is 5.81. The van der Waals surface area contributed by atoms with Gasteiger partial charge in [0, 0.05) is 55.4 Å². The predicted molar refractivity (Wildman–Crippen MR) is 92.2 cm³/mol. The van der Waals surface area contributed by atoms with Gasteiger partial charge < -0.3 is 9.88 Å². The zero-order chi connectivity index (χ0) is 15.7. The number of fused-ring (bicyclic) bond motifs is 1. The van der Waals surface area contributed by atoms with E-state index < -0.39 is 0 Å². The van der Waals surface area contributed by atoms with E-state index in [0.29, 0.717) is 0 Å². The first-order chi connectivity index (χ1) is 10.5. The number of nitrogens with one attached hydrogen (secondary N) is 1. The molecule has 3 heterocycles. The molecule has 0 spiro atoms. The molecule has 1 fully saturated rings. The van der Waals surface area contributed by atoms with Gasteiger partial charge in [-0.2, -0.15) is 0 Å². The zero-order valence-electron chi connectivity index (χ0n) is 14.3. The molecule has 120 valence electrons. The van der Waals surface area contributed by atoms with E-state index in [1.807, 2.05) is 12.3 Å². The summed E-state index contributed by atoms with van der Waals surface area (Å²) in [5.41, 5.74) is 3.90. The standard InChI is InChI=1S/C18H28N4/c1-5-21-9-11-22(12-10-21)13-15-14-7-6-8-19-17(14)20-16(15)18(2,3)4/h6-8H,5,9-13H2,1-4H3,(H,19,20). The van der Waals surface area contributed by atoms with Crippen LogP contribution in [0.3, 0.4) is 0 Å². The van der Waals surface area contributed by atoms with Crippen molar-refractivity contribution in [1.29, 1.82) is 0 Å². The van der Waals surface area contributed by atoms with Crippen molar-refractivity contribution in [2.75, 3.05) is 32.7 Å². The molecule has 1 aliphatic heterocycles. The van der Waals surface area contributed by atoms with Crippen molar-refractivity contribution < 1.29 is 0 Å². The van der Waals surface area contributed by atoms with Crippen LogP contribution in [0.2, 0.25) is 0 Å². The SMILES string of the molecule is CCN1CCN(Cc2c(C(C)(C)C)[nH]c3ncccc23)CC1. The summed E-state index contributed by atoms with van der Waals surface area (Å²) in [6, 6.07) is 4.24. The monoisotopic (exact) mass is 300 g/mol. The number of pyridine rings is 1. The average molecular weight is 300 g/mol. The molecule has 2 aromatic rings. The van der Waals surface area contributed by atoms with Gasteiger partial charge in [0.1, 0.15) is 5.65 Å². The lowest BCUT2D eigenvalue weighted by molar-refractivity contribution is 0.132. The van der Waals surface area contributed by atoms with Crippen LogP contribution >= 0.6 is 0 Å². The molecule has 2 aromatic heterocycles. The van der Waals surface area contributed by atoms with Crippen molar-refractivity contribution in [3.8, 4) is 0 Å². The fraction of sp³-hybridized carbons (Fsp3) is 0.611. The van der Waals surface area contributed by atoms with Crippen molar-refractivity contribution in [3.63, 3.8) is 0 Å². The lowest BCUT2D eigenvalue weighted by Crippen LogP contribution is -2.45. The van der Waals surface area contributed by atoms with Gasteiger partial charge in [0.15, 0.2) is 0 Å². The van der Waals surface area contributed by atoms with Crippen LogP contribution in [0.1, 0.15) is 39.0 Å². The van der Waals surface area contributed by atoms with Crippen LogP contribution < -0.4 is 0 Å². The largest absolute Gasteiger partial charge is 0.342 e. The molecule has 0 atom stereocenters. The molecule has 1 aliphatic rings. The molecular weight excluding hydrogens is 272 g/mol. The van der Waals surface area contributed by atoms with Crippen molar-refractivity contribution in [3.05, 3.63) is 29.6 Å². The highest BCUT2D eigenvalue weighted by Crippen LogP contribution is 2.31. The molecule has 0 bridgehead atoms. The van der Waals surface area contributed by atoms with Crippen molar-refractivity contribution in [2.24, 2.45) is 0 Å². The number of aromatic amines is 1. The van der Waals surface area contributed by atoms with Gasteiger partial charge in [-0.3, -0.25) is 4.90 Å². The Kier molecular flexibility index (Phi) is 4.24. The lowest BCUT2D eigenvalue weighted by Gasteiger charge is -2.34. The van der Waals surface area contributed by atoms with Crippen molar-refractivity contribution in [1.82, 2.24) is 19.8 Å². The second-order valence-corrected chi connectivity index (χ2v) is 7.34. The van der Waals surface area contributed by atoms with Gasteiger partial charge in [0.25, 0.3) is 0 Å². The first-order valence-electron chi connectivity index (χ1n) is 8.40. The minimum absolute atomic E-state index is 0.112. The van der Waals surface area contributed by atoms with Gasteiger partial charge >= 0.3 is 0 Å². The summed E-state index contributed by atoms with van der Waals surface area (Å²) in [5, 5.41) is 1.28. The number of hydrogen-bond acceptors (Lipinski definition) is 3. The maximum atomic E-state index is 4.51. The molecule has 3 rings (SSSR count). The van der Waals surface area contributed by atoms with Crippen LogP contribution in [0, 0.1) is 0 Å². The van der Waals surface area contributed by atoms with Crippen molar-refractivity contribution >= 4 is 11.0 Å².